The SMILES string of the molecule is C=Cc1ccc(-c2nccnc2Nc2ccc(C(F)(F)F)cc2)cn1. The van der Waals surface area contributed by atoms with Gasteiger partial charge in [-0.1, -0.05) is 6.58 Å². The lowest BCUT2D eigenvalue weighted by atomic mass is 10.1. The summed E-state index contributed by atoms with van der Waals surface area (Å²) in [5.74, 6) is 0.426. The topological polar surface area (TPSA) is 50.7 Å². The first-order valence-corrected chi connectivity index (χ1v) is 7.31. The van der Waals surface area contributed by atoms with Crippen molar-refractivity contribution in [3.05, 3.63) is 72.8 Å². The third-order valence-corrected chi connectivity index (χ3v) is 3.44. The van der Waals surface area contributed by atoms with E-state index in [0.29, 0.717) is 17.2 Å². The van der Waals surface area contributed by atoms with Crippen molar-refractivity contribution in [1.29, 1.82) is 0 Å². The maximum atomic E-state index is 12.6. The second-order valence-corrected chi connectivity index (χ2v) is 5.13. The van der Waals surface area contributed by atoms with Crippen LogP contribution in [0.15, 0.2) is 61.6 Å². The average molecular weight is 342 g/mol. The number of pyridine rings is 1. The van der Waals surface area contributed by atoms with E-state index < -0.39 is 11.7 Å². The number of halogens is 3. The van der Waals surface area contributed by atoms with Gasteiger partial charge in [0.15, 0.2) is 5.82 Å². The van der Waals surface area contributed by atoms with Crippen LogP contribution < -0.4 is 5.32 Å². The van der Waals surface area contributed by atoms with E-state index in [4.69, 9.17) is 0 Å². The van der Waals surface area contributed by atoms with E-state index in [0.717, 1.165) is 23.4 Å². The van der Waals surface area contributed by atoms with Crippen LogP contribution in [0.3, 0.4) is 0 Å². The van der Waals surface area contributed by atoms with Gasteiger partial charge in [-0.25, -0.2) is 4.98 Å². The molecule has 2 aromatic heterocycles. The zero-order valence-electron chi connectivity index (χ0n) is 13.0. The van der Waals surface area contributed by atoms with E-state index in [1.54, 1.807) is 18.3 Å². The maximum absolute atomic E-state index is 12.6. The largest absolute Gasteiger partial charge is 0.416 e. The smallest absolute Gasteiger partial charge is 0.338 e. The molecule has 0 radical (unpaired) electrons. The Morgan fingerprint density at radius 1 is 0.920 bits per heavy atom. The van der Waals surface area contributed by atoms with Crippen LogP contribution in [0.4, 0.5) is 24.7 Å². The minimum Gasteiger partial charge on any atom is -0.338 e. The Kier molecular flexibility index (Phi) is 4.47. The Balaban J connectivity index is 1.89. The fourth-order valence-electron chi connectivity index (χ4n) is 2.19. The highest BCUT2D eigenvalue weighted by Gasteiger charge is 2.29. The van der Waals surface area contributed by atoms with Crippen molar-refractivity contribution in [2.24, 2.45) is 0 Å². The maximum Gasteiger partial charge on any atom is 0.416 e. The van der Waals surface area contributed by atoms with E-state index in [1.165, 1.54) is 24.5 Å². The first kappa shape index (κ1) is 16.6. The second-order valence-electron chi connectivity index (χ2n) is 5.13. The number of benzene rings is 1. The summed E-state index contributed by atoms with van der Waals surface area (Å²) in [6.45, 7) is 3.65. The van der Waals surface area contributed by atoms with Crippen molar-refractivity contribution in [3.8, 4) is 11.3 Å². The normalized spacial score (nSPS) is 11.2. The molecule has 1 N–H and O–H groups in total. The molecule has 4 nitrogen and oxygen atoms in total. The number of nitrogens with one attached hydrogen (secondary N) is 1. The molecule has 0 atom stereocenters. The second kappa shape index (κ2) is 6.72. The molecule has 25 heavy (non-hydrogen) atoms. The van der Waals surface area contributed by atoms with E-state index >= 15 is 0 Å². The van der Waals surface area contributed by atoms with Crippen LogP contribution in [0, 0.1) is 0 Å². The number of aromatic nitrogens is 3. The molecule has 126 valence electrons. The van der Waals surface area contributed by atoms with Gasteiger partial charge in [-0.3, -0.25) is 9.97 Å². The third-order valence-electron chi connectivity index (χ3n) is 3.44. The number of hydrogen-bond donors (Lipinski definition) is 1. The Morgan fingerprint density at radius 3 is 2.24 bits per heavy atom. The molecule has 0 fully saturated rings. The average Bonchev–Trinajstić information content (AvgIpc) is 2.62. The summed E-state index contributed by atoms with van der Waals surface area (Å²) in [7, 11) is 0. The summed E-state index contributed by atoms with van der Waals surface area (Å²) in [4.78, 5) is 12.7. The highest BCUT2D eigenvalue weighted by molar-refractivity contribution is 5.74. The van der Waals surface area contributed by atoms with Crippen LogP contribution in [0.2, 0.25) is 0 Å². The number of hydrogen-bond acceptors (Lipinski definition) is 4. The van der Waals surface area contributed by atoms with E-state index in [2.05, 4.69) is 26.8 Å². The van der Waals surface area contributed by atoms with Gasteiger partial charge in [0.05, 0.1) is 11.3 Å². The predicted octanol–water partition coefficient (Wildman–Crippen LogP) is 4.94. The molecule has 0 aliphatic heterocycles. The van der Waals surface area contributed by atoms with Crippen molar-refractivity contribution in [2.75, 3.05) is 5.32 Å². The molecule has 0 bridgehead atoms. The molecule has 0 saturated heterocycles. The van der Waals surface area contributed by atoms with E-state index in [9.17, 15) is 13.2 Å². The summed E-state index contributed by atoms with van der Waals surface area (Å²) in [5.41, 5.74) is 1.77. The molecule has 2 heterocycles. The minimum absolute atomic E-state index is 0.426. The highest BCUT2D eigenvalue weighted by Crippen LogP contribution is 2.31. The summed E-state index contributed by atoms with van der Waals surface area (Å²) < 4.78 is 37.9. The molecule has 1 aromatic carbocycles. The first-order valence-electron chi connectivity index (χ1n) is 7.31. The van der Waals surface area contributed by atoms with E-state index in [1.807, 2.05) is 6.07 Å². The number of rotatable bonds is 4. The number of nitrogens with zero attached hydrogens (tertiary/aromatic N) is 3. The molecule has 0 aliphatic rings. The van der Waals surface area contributed by atoms with Crippen molar-refractivity contribution in [2.45, 2.75) is 6.18 Å². The van der Waals surface area contributed by atoms with Gasteiger partial charge in [0, 0.05) is 29.8 Å². The Hall–Kier alpha value is -3.22. The molecule has 0 amide bonds. The van der Waals surface area contributed by atoms with Crippen LogP contribution in [-0.2, 0) is 6.18 Å². The Labute approximate surface area is 142 Å². The fourth-order valence-corrected chi connectivity index (χ4v) is 2.19. The number of anilines is 2. The minimum atomic E-state index is -4.37. The summed E-state index contributed by atoms with van der Waals surface area (Å²) >= 11 is 0. The molecule has 0 saturated carbocycles. The van der Waals surface area contributed by atoms with Gasteiger partial charge in [0.25, 0.3) is 0 Å². The van der Waals surface area contributed by atoms with Gasteiger partial charge in [0.2, 0.25) is 0 Å². The van der Waals surface area contributed by atoms with Gasteiger partial charge in [-0.15, -0.1) is 0 Å². The Bertz CT molecular complexity index is 872. The molecule has 0 spiro atoms. The molecule has 3 aromatic rings. The molecular weight excluding hydrogens is 329 g/mol. The fraction of sp³-hybridized carbons (Fsp3) is 0.0556. The van der Waals surface area contributed by atoms with Crippen LogP contribution in [0.5, 0.6) is 0 Å². The zero-order valence-corrected chi connectivity index (χ0v) is 13.0. The lowest BCUT2D eigenvalue weighted by molar-refractivity contribution is -0.137. The van der Waals surface area contributed by atoms with Crippen molar-refractivity contribution >= 4 is 17.6 Å². The van der Waals surface area contributed by atoms with E-state index in [-0.39, 0.29) is 0 Å². The van der Waals surface area contributed by atoms with Gasteiger partial charge >= 0.3 is 6.18 Å². The lowest BCUT2D eigenvalue weighted by Gasteiger charge is -2.11. The number of alkyl halides is 3. The van der Waals surface area contributed by atoms with Crippen LogP contribution >= 0.6 is 0 Å². The van der Waals surface area contributed by atoms with Gasteiger partial charge in [-0.2, -0.15) is 13.2 Å². The molecule has 0 unspecified atom stereocenters. The van der Waals surface area contributed by atoms with Gasteiger partial charge in [-0.05, 0) is 42.5 Å². The highest BCUT2D eigenvalue weighted by atomic mass is 19.4. The molecule has 7 heteroatoms. The third kappa shape index (κ3) is 3.82. The monoisotopic (exact) mass is 342 g/mol. The summed E-state index contributed by atoms with van der Waals surface area (Å²) in [6.07, 6.45) is 1.94. The first-order chi connectivity index (χ1) is 12.0. The van der Waals surface area contributed by atoms with Crippen LogP contribution in [-0.4, -0.2) is 15.0 Å². The molecule has 0 aliphatic carbocycles. The predicted molar refractivity (Wildman–Crippen MR) is 90.1 cm³/mol. The quantitative estimate of drug-likeness (QED) is 0.729. The lowest BCUT2D eigenvalue weighted by Crippen LogP contribution is -2.05. The van der Waals surface area contributed by atoms with Gasteiger partial charge < -0.3 is 5.32 Å². The van der Waals surface area contributed by atoms with Crippen LogP contribution in [0.1, 0.15) is 11.3 Å². The molecular formula is C18H13F3N4. The Morgan fingerprint density at radius 2 is 1.64 bits per heavy atom. The summed E-state index contributed by atoms with van der Waals surface area (Å²) in [5, 5.41) is 2.99. The zero-order chi connectivity index (χ0) is 17.9. The van der Waals surface area contributed by atoms with Crippen molar-refractivity contribution in [1.82, 2.24) is 15.0 Å². The molecule has 3 rings (SSSR count). The standard InChI is InChI=1S/C18H13F3N4/c1-2-14-6-3-12(11-24-14)16-17(23-10-9-22-16)25-15-7-4-13(5-8-15)18(19,20)21/h2-11H,1H2,(H,23,25). The summed E-state index contributed by atoms with van der Waals surface area (Å²) in [6, 6.07) is 8.34. The van der Waals surface area contributed by atoms with Crippen LogP contribution in [0.25, 0.3) is 17.3 Å². The van der Waals surface area contributed by atoms with Gasteiger partial charge in [0.1, 0.15) is 5.69 Å². The van der Waals surface area contributed by atoms with Crippen molar-refractivity contribution in [3.63, 3.8) is 0 Å². The van der Waals surface area contributed by atoms with Crippen molar-refractivity contribution < 1.29 is 13.2 Å².